The highest BCUT2D eigenvalue weighted by Gasteiger charge is 2.52. The van der Waals surface area contributed by atoms with E-state index >= 15 is 0 Å². The van der Waals surface area contributed by atoms with Gasteiger partial charge in [-0.05, 0) is 49.9 Å². The molecule has 2 aliphatic rings. The number of fused-ring (bicyclic) bond motifs is 1. The number of benzene rings is 1. The smallest absolute Gasteiger partial charge is 0.326 e. The van der Waals surface area contributed by atoms with Gasteiger partial charge in [-0.1, -0.05) is 47.8 Å². The van der Waals surface area contributed by atoms with Gasteiger partial charge >= 0.3 is 5.97 Å². The van der Waals surface area contributed by atoms with Crippen LogP contribution in [0.2, 0.25) is 0 Å². The number of hydrogen-bond acceptors (Lipinski definition) is 5. The van der Waals surface area contributed by atoms with Crippen molar-refractivity contribution in [3.8, 4) is 0 Å². The second kappa shape index (κ2) is 9.48. The number of rotatable bonds is 5. The molecule has 0 spiro atoms. The van der Waals surface area contributed by atoms with Crippen molar-refractivity contribution in [3.63, 3.8) is 0 Å². The van der Waals surface area contributed by atoms with Gasteiger partial charge in [0.05, 0.1) is 11.8 Å². The minimum atomic E-state index is -0.792. The van der Waals surface area contributed by atoms with Crippen LogP contribution >= 0.6 is 47.8 Å². The summed E-state index contributed by atoms with van der Waals surface area (Å²) in [5, 5.41) is 2.70. The van der Waals surface area contributed by atoms with Gasteiger partial charge in [-0.25, -0.2) is 0 Å². The van der Waals surface area contributed by atoms with E-state index in [0.717, 1.165) is 20.5 Å². The Morgan fingerprint density at radius 2 is 1.63 bits per heavy atom. The fourth-order valence-electron chi connectivity index (χ4n) is 3.74. The van der Waals surface area contributed by atoms with E-state index in [-0.39, 0.29) is 21.5 Å². The van der Waals surface area contributed by atoms with Gasteiger partial charge in [0.25, 0.3) is 5.91 Å². The first kappa shape index (κ1) is 23.4. The molecule has 10 heteroatoms. The summed E-state index contributed by atoms with van der Waals surface area (Å²) < 4.78 is 5.93. The molecule has 0 bridgehead atoms. The van der Waals surface area contributed by atoms with Crippen LogP contribution in [0, 0.1) is 25.7 Å². The third kappa shape index (κ3) is 4.96. The van der Waals surface area contributed by atoms with Crippen molar-refractivity contribution in [3.05, 3.63) is 27.7 Å². The van der Waals surface area contributed by atoms with Gasteiger partial charge in [-0.2, -0.15) is 0 Å². The number of amides is 3. The number of nitrogens with zero attached hydrogens (tertiary/aromatic N) is 1. The molecule has 162 valence electrons. The van der Waals surface area contributed by atoms with E-state index in [0.29, 0.717) is 18.5 Å². The van der Waals surface area contributed by atoms with Crippen molar-refractivity contribution in [1.29, 1.82) is 0 Å². The van der Waals surface area contributed by atoms with E-state index in [2.05, 4.69) is 53.1 Å². The van der Waals surface area contributed by atoms with Gasteiger partial charge in [0, 0.05) is 19.8 Å². The normalized spacial score (nSPS) is 25.8. The molecule has 3 amide bonds. The molecule has 7 nitrogen and oxygen atoms in total. The second-order valence-corrected chi connectivity index (χ2v) is 10.8. The number of alkyl halides is 2. The van der Waals surface area contributed by atoms with Gasteiger partial charge in [0.1, 0.15) is 6.54 Å². The van der Waals surface area contributed by atoms with Crippen LogP contribution in [-0.4, -0.2) is 51.4 Å². The Kier molecular flexibility index (Phi) is 7.40. The van der Waals surface area contributed by atoms with E-state index < -0.39 is 36.9 Å². The summed E-state index contributed by atoms with van der Waals surface area (Å²) in [5.74, 6) is -2.83. The van der Waals surface area contributed by atoms with E-state index in [1.807, 2.05) is 26.0 Å². The molecule has 0 aromatic heterocycles. The molecule has 0 unspecified atom stereocenters. The van der Waals surface area contributed by atoms with E-state index in [4.69, 9.17) is 4.74 Å². The molecule has 0 radical (unpaired) electrons. The van der Waals surface area contributed by atoms with E-state index in [1.165, 1.54) is 0 Å². The van der Waals surface area contributed by atoms with Crippen LogP contribution in [0.4, 0.5) is 5.69 Å². The third-order valence-corrected chi connectivity index (χ3v) is 9.02. The van der Waals surface area contributed by atoms with Crippen LogP contribution in [0.5, 0.6) is 0 Å². The lowest BCUT2D eigenvalue weighted by atomic mass is 9.81. The lowest BCUT2D eigenvalue weighted by Gasteiger charge is -2.29. The number of carbonyl (C=O) groups excluding carboxylic acids is 4. The Hall–Kier alpha value is -1.26. The number of ether oxygens (including phenoxy) is 1. The van der Waals surface area contributed by atoms with Gasteiger partial charge in [0.2, 0.25) is 11.8 Å². The van der Waals surface area contributed by atoms with Gasteiger partial charge in [-0.3, -0.25) is 24.1 Å². The Morgan fingerprint density at radius 3 is 2.20 bits per heavy atom. The highest BCUT2D eigenvalue weighted by atomic mass is 79.9. The molecule has 1 saturated carbocycles. The second-order valence-electron chi connectivity index (χ2n) is 7.60. The molecular weight excluding hydrogens is 588 g/mol. The first-order valence-corrected chi connectivity index (χ1v) is 12.1. The van der Waals surface area contributed by atoms with Crippen molar-refractivity contribution in [2.24, 2.45) is 11.8 Å². The molecule has 1 aromatic rings. The van der Waals surface area contributed by atoms with Crippen molar-refractivity contribution in [2.75, 3.05) is 18.5 Å². The number of hydrogen-bond donors (Lipinski definition) is 1. The standard InChI is InChI=1S/C20H21Br3N2O5/c1-9-4-16(10(2)3-13(9)21)24-17(26)8-30-18(27)7-25-19(28)11-5-14(22)15(23)6-12(11)20(25)29/h3-4,11-12,14-15H,5-8H2,1-2H3,(H,24,26)/t11-,12-,14-,15+/m1/s1. The fourth-order valence-corrected chi connectivity index (χ4v) is 5.44. The van der Waals surface area contributed by atoms with E-state index in [1.54, 1.807) is 0 Å². The number of esters is 1. The molecule has 2 fully saturated rings. The summed E-state index contributed by atoms with van der Waals surface area (Å²) >= 11 is 10.5. The Balaban J connectivity index is 1.53. The molecular formula is C20H21Br3N2O5. The molecule has 1 saturated heterocycles. The first-order chi connectivity index (χ1) is 14.1. The van der Waals surface area contributed by atoms with Crippen LogP contribution in [0.3, 0.4) is 0 Å². The first-order valence-electron chi connectivity index (χ1n) is 9.44. The van der Waals surface area contributed by atoms with Crippen molar-refractivity contribution in [1.82, 2.24) is 4.90 Å². The Labute approximate surface area is 199 Å². The average molecular weight is 609 g/mol. The number of carbonyl (C=O) groups is 4. The molecule has 1 N–H and O–H groups in total. The van der Waals surface area contributed by atoms with E-state index in [9.17, 15) is 19.2 Å². The minimum absolute atomic E-state index is 0.0943. The highest BCUT2D eigenvalue weighted by molar-refractivity contribution is 9.12. The minimum Gasteiger partial charge on any atom is -0.454 e. The lowest BCUT2D eigenvalue weighted by molar-refractivity contribution is -0.154. The number of aryl methyl sites for hydroxylation is 2. The summed E-state index contributed by atoms with van der Waals surface area (Å²) in [6.45, 7) is 2.78. The predicted octanol–water partition coefficient (Wildman–Crippen LogP) is 3.47. The molecule has 1 aliphatic heterocycles. The number of nitrogens with one attached hydrogen (secondary N) is 1. The molecule has 4 atom stereocenters. The van der Waals surface area contributed by atoms with Crippen LogP contribution < -0.4 is 5.32 Å². The van der Waals surface area contributed by atoms with Gasteiger partial charge in [-0.15, -0.1) is 0 Å². The fraction of sp³-hybridized carbons (Fsp3) is 0.500. The average Bonchev–Trinajstić information content (AvgIpc) is 2.89. The number of anilines is 1. The molecule has 1 aliphatic carbocycles. The summed E-state index contributed by atoms with van der Waals surface area (Å²) in [5.41, 5.74) is 2.44. The van der Waals surface area contributed by atoms with Crippen molar-refractivity contribution < 1.29 is 23.9 Å². The molecule has 3 rings (SSSR count). The topological polar surface area (TPSA) is 92.8 Å². The number of imide groups is 1. The number of halogens is 3. The number of likely N-dealkylation sites (tertiary alicyclic amines) is 1. The monoisotopic (exact) mass is 606 g/mol. The zero-order valence-corrected chi connectivity index (χ0v) is 21.2. The van der Waals surface area contributed by atoms with Crippen molar-refractivity contribution in [2.45, 2.75) is 36.3 Å². The zero-order valence-electron chi connectivity index (χ0n) is 16.4. The summed E-state index contributed by atoms with van der Waals surface area (Å²) in [6.07, 6.45) is 1.07. The SMILES string of the molecule is Cc1cc(NC(=O)COC(=O)CN2C(=O)[C@@H]3C[C@@H](Br)[C@@H](Br)C[C@H]3C2=O)c(C)cc1Br. The van der Waals surface area contributed by atoms with Crippen LogP contribution in [0.15, 0.2) is 16.6 Å². The Bertz CT molecular complexity index is 879. The molecule has 1 heterocycles. The van der Waals surface area contributed by atoms with Crippen LogP contribution in [-0.2, 0) is 23.9 Å². The lowest BCUT2D eigenvalue weighted by Crippen LogP contribution is -2.37. The summed E-state index contributed by atoms with van der Waals surface area (Å²) in [7, 11) is 0. The largest absolute Gasteiger partial charge is 0.454 e. The maximum Gasteiger partial charge on any atom is 0.326 e. The maximum atomic E-state index is 12.6. The molecule has 30 heavy (non-hydrogen) atoms. The Morgan fingerprint density at radius 1 is 1.07 bits per heavy atom. The maximum absolute atomic E-state index is 12.6. The third-order valence-electron chi connectivity index (χ3n) is 5.43. The highest BCUT2D eigenvalue weighted by Crippen LogP contribution is 2.43. The van der Waals surface area contributed by atoms with Crippen LogP contribution in [0.25, 0.3) is 0 Å². The van der Waals surface area contributed by atoms with Crippen molar-refractivity contribution >= 4 is 77.2 Å². The summed E-state index contributed by atoms with van der Waals surface area (Å²) in [6, 6.07) is 3.70. The zero-order chi connectivity index (χ0) is 22.2. The summed E-state index contributed by atoms with van der Waals surface area (Å²) in [4.78, 5) is 50.7. The quantitative estimate of drug-likeness (QED) is 0.314. The van der Waals surface area contributed by atoms with Gasteiger partial charge in [0.15, 0.2) is 6.61 Å². The predicted molar refractivity (Wildman–Crippen MR) is 122 cm³/mol. The van der Waals surface area contributed by atoms with Gasteiger partial charge < -0.3 is 10.1 Å². The molecule has 1 aromatic carbocycles. The van der Waals surface area contributed by atoms with Crippen LogP contribution in [0.1, 0.15) is 24.0 Å².